The molecule has 0 aliphatic heterocycles. The van der Waals surface area contributed by atoms with Gasteiger partial charge in [-0.3, -0.25) is 0 Å². The quantitative estimate of drug-likeness (QED) is 0.634. The van der Waals surface area contributed by atoms with E-state index in [1.807, 2.05) is 6.07 Å². The second-order valence-electron chi connectivity index (χ2n) is 7.37. The molecule has 0 bridgehead atoms. The molecule has 0 aliphatic rings. The summed E-state index contributed by atoms with van der Waals surface area (Å²) >= 11 is 6.16. The summed E-state index contributed by atoms with van der Waals surface area (Å²) in [7, 11) is 0. The SMILES string of the molecule is CCCCC(CC)(CNC(C)(C)C)Cc1cccc(Cl)c1. The van der Waals surface area contributed by atoms with Crippen LogP contribution in [-0.2, 0) is 6.42 Å². The van der Waals surface area contributed by atoms with Gasteiger partial charge in [0.15, 0.2) is 0 Å². The van der Waals surface area contributed by atoms with Gasteiger partial charge < -0.3 is 5.32 Å². The molecular formula is C19H32ClN. The molecule has 1 aromatic carbocycles. The molecule has 1 nitrogen and oxygen atoms in total. The highest BCUT2D eigenvalue weighted by Crippen LogP contribution is 2.33. The van der Waals surface area contributed by atoms with Crippen LogP contribution < -0.4 is 5.32 Å². The highest BCUT2D eigenvalue weighted by atomic mass is 35.5. The van der Waals surface area contributed by atoms with Crippen molar-refractivity contribution in [1.82, 2.24) is 5.32 Å². The molecule has 1 aromatic rings. The van der Waals surface area contributed by atoms with Crippen molar-refractivity contribution in [2.24, 2.45) is 5.41 Å². The van der Waals surface area contributed by atoms with Gasteiger partial charge in [0.2, 0.25) is 0 Å². The zero-order valence-electron chi connectivity index (χ0n) is 14.4. The summed E-state index contributed by atoms with van der Waals surface area (Å²) in [5.74, 6) is 0. The summed E-state index contributed by atoms with van der Waals surface area (Å²) in [6.07, 6.45) is 6.12. The normalized spacial score (nSPS) is 15.0. The van der Waals surface area contributed by atoms with Crippen LogP contribution in [0, 0.1) is 5.41 Å². The Morgan fingerprint density at radius 2 is 1.86 bits per heavy atom. The lowest BCUT2D eigenvalue weighted by molar-refractivity contribution is 0.206. The van der Waals surface area contributed by atoms with E-state index in [2.05, 4.69) is 58.1 Å². The van der Waals surface area contributed by atoms with Gasteiger partial charge in [-0.05, 0) is 63.1 Å². The Bertz CT molecular complexity index is 422. The van der Waals surface area contributed by atoms with Gasteiger partial charge >= 0.3 is 0 Å². The average Bonchev–Trinajstić information content (AvgIpc) is 2.41. The second-order valence-corrected chi connectivity index (χ2v) is 7.80. The van der Waals surface area contributed by atoms with Gasteiger partial charge in [0.1, 0.15) is 0 Å². The number of unbranched alkanes of at least 4 members (excludes halogenated alkanes) is 1. The molecule has 2 heteroatoms. The van der Waals surface area contributed by atoms with E-state index < -0.39 is 0 Å². The third kappa shape index (κ3) is 6.84. The molecule has 120 valence electrons. The van der Waals surface area contributed by atoms with Crippen LogP contribution in [0.2, 0.25) is 5.02 Å². The third-order valence-corrected chi connectivity index (χ3v) is 4.51. The van der Waals surface area contributed by atoms with Crippen molar-refractivity contribution in [2.45, 2.75) is 72.3 Å². The Labute approximate surface area is 136 Å². The minimum Gasteiger partial charge on any atom is -0.312 e. The molecule has 21 heavy (non-hydrogen) atoms. The molecule has 0 heterocycles. The van der Waals surface area contributed by atoms with Crippen molar-refractivity contribution in [1.29, 1.82) is 0 Å². The largest absolute Gasteiger partial charge is 0.312 e. The van der Waals surface area contributed by atoms with Crippen molar-refractivity contribution < 1.29 is 0 Å². The summed E-state index contributed by atoms with van der Waals surface area (Å²) in [5, 5.41) is 4.57. The Hall–Kier alpha value is -0.530. The maximum Gasteiger partial charge on any atom is 0.0408 e. The second kappa shape index (κ2) is 8.19. The van der Waals surface area contributed by atoms with Crippen LogP contribution in [0.3, 0.4) is 0 Å². The van der Waals surface area contributed by atoms with Crippen molar-refractivity contribution in [3.8, 4) is 0 Å². The highest BCUT2D eigenvalue weighted by Gasteiger charge is 2.29. The first-order valence-corrected chi connectivity index (χ1v) is 8.67. The molecule has 0 spiro atoms. The number of halogens is 1. The molecule has 0 aliphatic carbocycles. The predicted molar refractivity (Wildman–Crippen MR) is 95.2 cm³/mol. The lowest BCUT2D eigenvalue weighted by Crippen LogP contribution is -2.44. The molecular weight excluding hydrogens is 278 g/mol. The summed E-state index contributed by atoms with van der Waals surface area (Å²) < 4.78 is 0. The van der Waals surface area contributed by atoms with Crippen molar-refractivity contribution >= 4 is 11.6 Å². The minimum absolute atomic E-state index is 0.168. The third-order valence-electron chi connectivity index (χ3n) is 4.27. The Morgan fingerprint density at radius 1 is 1.14 bits per heavy atom. The van der Waals surface area contributed by atoms with Gasteiger partial charge in [0.25, 0.3) is 0 Å². The lowest BCUT2D eigenvalue weighted by Gasteiger charge is -2.37. The number of hydrogen-bond donors (Lipinski definition) is 1. The van der Waals surface area contributed by atoms with Crippen LogP contribution in [0.15, 0.2) is 24.3 Å². The first-order chi connectivity index (χ1) is 9.80. The number of rotatable bonds is 8. The Balaban J connectivity index is 2.88. The molecule has 0 fully saturated rings. The molecule has 1 unspecified atom stereocenters. The van der Waals surface area contributed by atoms with Crippen LogP contribution in [0.25, 0.3) is 0 Å². The zero-order valence-corrected chi connectivity index (χ0v) is 15.2. The minimum atomic E-state index is 0.168. The van der Waals surface area contributed by atoms with E-state index in [0.29, 0.717) is 5.41 Å². The van der Waals surface area contributed by atoms with E-state index in [1.54, 1.807) is 0 Å². The van der Waals surface area contributed by atoms with Gasteiger partial charge in [-0.25, -0.2) is 0 Å². The van der Waals surface area contributed by atoms with Gasteiger partial charge in [0.05, 0.1) is 0 Å². The topological polar surface area (TPSA) is 12.0 Å². The van der Waals surface area contributed by atoms with E-state index in [1.165, 1.54) is 31.2 Å². The first kappa shape index (κ1) is 18.5. The average molecular weight is 310 g/mol. The van der Waals surface area contributed by atoms with Crippen LogP contribution in [0.1, 0.15) is 65.9 Å². The Morgan fingerprint density at radius 3 is 2.38 bits per heavy atom. The summed E-state index contributed by atoms with van der Waals surface area (Å²) in [6.45, 7) is 12.4. The summed E-state index contributed by atoms with van der Waals surface area (Å²) in [4.78, 5) is 0. The molecule has 0 aromatic heterocycles. The standard InChI is InChI=1S/C19H32ClN/c1-6-8-12-19(7-2,15-21-18(3,4)5)14-16-10-9-11-17(20)13-16/h9-11,13,21H,6-8,12,14-15H2,1-5H3. The number of benzene rings is 1. The predicted octanol–water partition coefficient (Wildman–Crippen LogP) is 5.86. The van der Waals surface area contributed by atoms with E-state index in [9.17, 15) is 0 Å². The van der Waals surface area contributed by atoms with Crippen LogP contribution in [-0.4, -0.2) is 12.1 Å². The first-order valence-electron chi connectivity index (χ1n) is 8.30. The fourth-order valence-electron chi connectivity index (χ4n) is 2.75. The smallest absolute Gasteiger partial charge is 0.0408 e. The van der Waals surface area contributed by atoms with Gasteiger partial charge in [-0.1, -0.05) is 50.4 Å². The van der Waals surface area contributed by atoms with Gasteiger partial charge in [-0.2, -0.15) is 0 Å². The summed E-state index contributed by atoms with van der Waals surface area (Å²) in [6, 6.07) is 8.35. The number of hydrogen-bond acceptors (Lipinski definition) is 1. The van der Waals surface area contributed by atoms with E-state index >= 15 is 0 Å². The van der Waals surface area contributed by atoms with Crippen molar-refractivity contribution in [2.75, 3.05) is 6.54 Å². The van der Waals surface area contributed by atoms with Crippen LogP contribution >= 0.6 is 11.6 Å². The highest BCUT2D eigenvalue weighted by molar-refractivity contribution is 6.30. The molecule has 1 atom stereocenters. The van der Waals surface area contributed by atoms with E-state index in [0.717, 1.165) is 18.0 Å². The molecule has 0 amide bonds. The summed E-state index contributed by atoms with van der Waals surface area (Å²) in [5.41, 5.74) is 1.85. The van der Waals surface area contributed by atoms with E-state index in [-0.39, 0.29) is 5.54 Å². The van der Waals surface area contributed by atoms with Crippen molar-refractivity contribution in [3.05, 3.63) is 34.9 Å². The molecule has 1 N–H and O–H groups in total. The molecule has 0 radical (unpaired) electrons. The Kier molecular flexibility index (Phi) is 7.23. The lowest BCUT2D eigenvalue weighted by atomic mass is 9.74. The van der Waals surface area contributed by atoms with Crippen molar-refractivity contribution in [3.63, 3.8) is 0 Å². The zero-order chi connectivity index (χ0) is 15.9. The van der Waals surface area contributed by atoms with E-state index in [4.69, 9.17) is 11.6 Å². The maximum atomic E-state index is 6.16. The molecule has 1 rings (SSSR count). The van der Waals surface area contributed by atoms with Crippen LogP contribution in [0.4, 0.5) is 0 Å². The fraction of sp³-hybridized carbons (Fsp3) is 0.684. The molecule has 0 saturated heterocycles. The molecule has 0 saturated carbocycles. The number of nitrogens with one attached hydrogen (secondary N) is 1. The fourth-order valence-corrected chi connectivity index (χ4v) is 2.96. The van der Waals surface area contributed by atoms with Gasteiger partial charge in [0, 0.05) is 17.1 Å². The maximum absolute atomic E-state index is 6.16. The van der Waals surface area contributed by atoms with Gasteiger partial charge in [-0.15, -0.1) is 0 Å². The van der Waals surface area contributed by atoms with Crippen LogP contribution in [0.5, 0.6) is 0 Å². The monoisotopic (exact) mass is 309 g/mol.